The molecule has 0 aromatic rings. The molecule has 0 aromatic carbocycles. The van der Waals surface area contributed by atoms with E-state index in [2.05, 4.69) is 0 Å². The number of nitrogens with zero attached hydrogens (tertiary/aromatic N) is 1. The van der Waals surface area contributed by atoms with Crippen LogP contribution in [0.4, 0.5) is 0 Å². The number of carbonyl (C=O) groups excluding carboxylic acids is 2. The summed E-state index contributed by atoms with van der Waals surface area (Å²) in [6.45, 7) is -0.468. The van der Waals surface area contributed by atoms with Crippen molar-refractivity contribution < 1.29 is 19.5 Å². The van der Waals surface area contributed by atoms with Crippen molar-refractivity contribution in [3.05, 3.63) is 0 Å². The maximum atomic E-state index is 12.0. The van der Waals surface area contributed by atoms with Gasteiger partial charge < -0.3 is 5.11 Å². The normalized spacial score (nSPS) is 40.6. The number of rotatable bonds is 2. The van der Waals surface area contributed by atoms with Crippen LogP contribution >= 0.6 is 0 Å². The highest BCUT2D eigenvalue weighted by Crippen LogP contribution is 2.55. The highest BCUT2D eigenvalue weighted by atomic mass is 16.4. The molecule has 2 saturated carbocycles. The Hall–Kier alpha value is -1.39. The third-order valence-electron chi connectivity index (χ3n) is 4.31. The van der Waals surface area contributed by atoms with Crippen molar-refractivity contribution in [2.75, 3.05) is 6.54 Å². The van der Waals surface area contributed by atoms with Crippen LogP contribution in [-0.2, 0) is 14.4 Å². The summed E-state index contributed by atoms with van der Waals surface area (Å²) in [4.78, 5) is 35.5. The lowest BCUT2D eigenvalue weighted by Crippen LogP contribution is -2.37. The molecule has 1 N–H and O–H groups in total. The van der Waals surface area contributed by atoms with E-state index in [0.29, 0.717) is 11.8 Å². The lowest BCUT2D eigenvalue weighted by molar-refractivity contribution is -0.149. The topological polar surface area (TPSA) is 74.7 Å². The zero-order valence-corrected chi connectivity index (χ0v) is 8.76. The summed E-state index contributed by atoms with van der Waals surface area (Å²) < 4.78 is 0. The molecule has 0 radical (unpaired) electrons. The molecule has 0 spiro atoms. The monoisotopic (exact) mass is 223 g/mol. The van der Waals surface area contributed by atoms with Crippen LogP contribution in [0.25, 0.3) is 0 Å². The summed E-state index contributed by atoms with van der Waals surface area (Å²) >= 11 is 0. The molecule has 1 aliphatic heterocycles. The molecular formula is C11H13NO4. The second-order valence-corrected chi connectivity index (χ2v) is 5.04. The van der Waals surface area contributed by atoms with Gasteiger partial charge in [-0.05, 0) is 31.1 Å². The molecular weight excluding hydrogens is 210 g/mol. The molecule has 0 unspecified atom stereocenters. The van der Waals surface area contributed by atoms with Gasteiger partial charge in [-0.15, -0.1) is 0 Å². The Morgan fingerprint density at radius 1 is 1.19 bits per heavy atom. The van der Waals surface area contributed by atoms with Gasteiger partial charge in [0, 0.05) is 0 Å². The van der Waals surface area contributed by atoms with Crippen LogP contribution in [0.5, 0.6) is 0 Å². The van der Waals surface area contributed by atoms with Crippen molar-refractivity contribution in [3.8, 4) is 0 Å². The minimum absolute atomic E-state index is 0.203. The van der Waals surface area contributed by atoms with Gasteiger partial charge in [-0.3, -0.25) is 19.3 Å². The summed E-state index contributed by atoms with van der Waals surface area (Å²) in [6.07, 6.45) is 3.02. The van der Waals surface area contributed by atoms with Crippen molar-refractivity contribution >= 4 is 17.8 Å². The first kappa shape index (κ1) is 9.81. The van der Waals surface area contributed by atoms with E-state index in [1.807, 2.05) is 0 Å². The number of carbonyl (C=O) groups is 3. The van der Waals surface area contributed by atoms with Crippen molar-refractivity contribution in [2.24, 2.45) is 23.7 Å². The summed E-state index contributed by atoms with van der Waals surface area (Å²) in [6, 6.07) is 0. The molecule has 2 aliphatic carbocycles. The molecule has 86 valence electrons. The van der Waals surface area contributed by atoms with Gasteiger partial charge in [-0.2, -0.15) is 0 Å². The lowest BCUT2D eigenvalue weighted by atomic mass is 9.81. The second-order valence-electron chi connectivity index (χ2n) is 5.04. The van der Waals surface area contributed by atoms with Crippen LogP contribution in [0.2, 0.25) is 0 Å². The molecule has 2 amide bonds. The highest BCUT2D eigenvalue weighted by molar-refractivity contribution is 6.07. The Morgan fingerprint density at radius 3 is 2.12 bits per heavy atom. The smallest absolute Gasteiger partial charge is 0.323 e. The van der Waals surface area contributed by atoms with Crippen LogP contribution in [-0.4, -0.2) is 34.3 Å². The van der Waals surface area contributed by atoms with E-state index >= 15 is 0 Å². The quantitative estimate of drug-likeness (QED) is 0.674. The molecule has 3 rings (SSSR count). The van der Waals surface area contributed by atoms with E-state index in [4.69, 9.17) is 5.11 Å². The molecule has 4 atom stereocenters. The predicted octanol–water partition coefficient (Wildman–Crippen LogP) is 0.102. The third kappa shape index (κ3) is 1.08. The van der Waals surface area contributed by atoms with E-state index in [-0.39, 0.29) is 23.7 Å². The number of aliphatic carboxylic acids is 1. The lowest BCUT2D eigenvalue weighted by Gasteiger charge is -2.19. The molecule has 5 nitrogen and oxygen atoms in total. The van der Waals surface area contributed by atoms with E-state index in [1.165, 1.54) is 0 Å². The first-order valence-corrected chi connectivity index (χ1v) is 5.66. The fourth-order valence-electron chi connectivity index (χ4n) is 3.76. The van der Waals surface area contributed by atoms with Gasteiger partial charge in [0.25, 0.3) is 0 Å². The average molecular weight is 223 g/mol. The number of amides is 2. The van der Waals surface area contributed by atoms with Gasteiger partial charge in [-0.1, -0.05) is 0 Å². The standard InChI is InChI=1S/C11H13NO4/c13-7(14)4-12-10(15)8-5-1-2-6(3-5)9(8)11(12)16/h5-6,8-9H,1-4H2,(H,13,14)/t5-,6-,8-,9+/m0/s1. The Balaban J connectivity index is 1.89. The predicted molar refractivity (Wildman–Crippen MR) is 52.2 cm³/mol. The van der Waals surface area contributed by atoms with Gasteiger partial charge >= 0.3 is 5.97 Å². The van der Waals surface area contributed by atoms with Crippen molar-refractivity contribution in [3.63, 3.8) is 0 Å². The number of hydrogen-bond donors (Lipinski definition) is 1. The maximum absolute atomic E-state index is 12.0. The van der Waals surface area contributed by atoms with Crippen LogP contribution in [0.1, 0.15) is 19.3 Å². The molecule has 3 fully saturated rings. The van der Waals surface area contributed by atoms with Crippen molar-refractivity contribution in [1.29, 1.82) is 0 Å². The zero-order valence-electron chi connectivity index (χ0n) is 8.76. The largest absolute Gasteiger partial charge is 0.480 e. The minimum atomic E-state index is -1.12. The Morgan fingerprint density at radius 2 is 1.69 bits per heavy atom. The number of hydrogen-bond acceptors (Lipinski definition) is 3. The Kier molecular flexibility index (Phi) is 1.87. The average Bonchev–Trinajstić information content (AvgIpc) is 2.87. The number of carboxylic acids is 1. The summed E-state index contributed by atoms with van der Waals surface area (Å²) in [5.74, 6) is -1.37. The van der Waals surface area contributed by atoms with Gasteiger partial charge in [0.05, 0.1) is 11.8 Å². The summed E-state index contributed by atoms with van der Waals surface area (Å²) in [5.41, 5.74) is 0. The van der Waals surface area contributed by atoms with E-state index in [0.717, 1.165) is 24.2 Å². The van der Waals surface area contributed by atoms with Gasteiger partial charge in [0.15, 0.2) is 0 Å². The van der Waals surface area contributed by atoms with Crippen LogP contribution in [0, 0.1) is 23.7 Å². The molecule has 1 heterocycles. The van der Waals surface area contributed by atoms with Crippen LogP contribution < -0.4 is 0 Å². The van der Waals surface area contributed by atoms with Gasteiger partial charge in [0.2, 0.25) is 11.8 Å². The van der Waals surface area contributed by atoms with Gasteiger partial charge in [0.1, 0.15) is 6.54 Å². The fraction of sp³-hybridized carbons (Fsp3) is 0.727. The molecule has 2 bridgehead atoms. The van der Waals surface area contributed by atoms with E-state index in [9.17, 15) is 14.4 Å². The highest BCUT2D eigenvalue weighted by Gasteiger charge is 2.60. The first-order valence-electron chi connectivity index (χ1n) is 5.66. The second kappa shape index (κ2) is 3.06. The maximum Gasteiger partial charge on any atom is 0.323 e. The van der Waals surface area contributed by atoms with E-state index in [1.54, 1.807) is 0 Å². The van der Waals surface area contributed by atoms with Crippen molar-refractivity contribution in [1.82, 2.24) is 4.90 Å². The number of carboxylic acid groups (broad SMARTS) is 1. The third-order valence-corrected chi connectivity index (χ3v) is 4.31. The molecule has 3 aliphatic rings. The molecule has 0 aromatic heterocycles. The number of likely N-dealkylation sites (tertiary alicyclic amines) is 1. The number of fused-ring (bicyclic) bond motifs is 5. The first-order chi connectivity index (χ1) is 7.59. The van der Waals surface area contributed by atoms with Crippen LogP contribution in [0.15, 0.2) is 0 Å². The Labute approximate surface area is 92.4 Å². The molecule has 5 heteroatoms. The van der Waals surface area contributed by atoms with E-state index < -0.39 is 12.5 Å². The van der Waals surface area contributed by atoms with Crippen molar-refractivity contribution in [2.45, 2.75) is 19.3 Å². The minimum Gasteiger partial charge on any atom is -0.480 e. The molecule has 1 saturated heterocycles. The SMILES string of the molecule is O=C(O)CN1C(=O)[C@@H]2[C@H]3CC[C@@H](C3)[C@@H]2C1=O. The molecule has 16 heavy (non-hydrogen) atoms. The number of imide groups is 1. The zero-order chi connectivity index (χ0) is 11.4. The summed E-state index contributed by atoms with van der Waals surface area (Å²) in [5, 5.41) is 8.67. The summed E-state index contributed by atoms with van der Waals surface area (Å²) in [7, 11) is 0. The fourth-order valence-corrected chi connectivity index (χ4v) is 3.76. The Bertz CT molecular complexity index is 363. The van der Waals surface area contributed by atoms with Crippen LogP contribution in [0.3, 0.4) is 0 Å². The van der Waals surface area contributed by atoms with Gasteiger partial charge in [-0.25, -0.2) is 0 Å².